The van der Waals surface area contributed by atoms with Crippen LogP contribution in [0.5, 0.6) is 0 Å². The summed E-state index contributed by atoms with van der Waals surface area (Å²) in [6.07, 6.45) is 3.99. The number of nitrogens with zero attached hydrogens (tertiary/aromatic N) is 2. The summed E-state index contributed by atoms with van der Waals surface area (Å²) in [6.45, 7) is 4.77. The zero-order valence-electron chi connectivity index (χ0n) is 40.2. The lowest BCUT2D eigenvalue weighted by atomic mass is 9.80. The normalized spacial score (nSPS) is 14.2. The Morgan fingerprint density at radius 1 is 0.296 bits per heavy atom. The summed E-state index contributed by atoms with van der Waals surface area (Å²) < 4.78 is 0. The highest BCUT2D eigenvalue weighted by molar-refractivity contribution is 6.23. The van der Waals surface area contributed by atoms with Crippen LogP contribution >= 0.6 is 0 Å². The number of fused-ring (bicyclic) bond motifs is 9. The number of hydrogen-bond donors (Lipinski definition) is 0. The van der Waals surface area contributed by atoms with Crippen molar-refractivity contribution in [2.45, 2.75) is 44.9 Å². The van der Waals surface area contributed by atoms with Gasteiger partial charge in [0.15, 0.2) is 0 Å². The van der Waals surface area contributed by atoms with Gasteiger partial charge in [-0.2, -0.15) is 0 Å². The lowest BCUT2D eigenvalue weighted by Crippen LogP contribution is -2.14. The highest BCUT2D eigenvalue weighted by atomic mass is 15.2. The van der Waals surface area contributed by atoms with Crippen LogP contribution in [0.4, 0.5) is 34.1 Å². The number of benzene rings is 11. The Bertz CT molecular complexity index is 3840. The van der Waals surface area contributed by atoms with Crippen LogP contribution in [0.1, 0.15) is 47.2 Å². The maximum absolute atomic E-state index is 2.52. The van der Waals surface area contributed by atoms with E-state index < -0.39 is 0 Å². The Labute approximate surface area is 416 Å². The SMILES string of the molecule is CC1(C)c2ccccc2-c2ccc(-c3ccccc3-c3c4ccc(N5c6ccccc6CCc6ccccc65)cc4c(-c4ccccc4)c4ccc(N5c6ccccc6CCc6ccccc65)cc34)cc21. The summed E-state index contributed by atoms with van der Waals surface area (Å²) in [5.74, 6) is 0. The van der Waals surface area contributed by atoms with Gasteiger partial charge < -0.3 is 9.80 Å². The summed E-state index contributed by atoms with van der Waals surface area (Å²) in [5.41, 5.74) is 25.5. The zero-order chi connectivity index (χ0) is 47.2. The molecule has 0 N–H and O–H groups in total. The molecule has 3 aliphatic rings. The van der Waals surface area contributed by atoms with Crippen molar-refractivity contribution in [3.8, 4) is 44.5 Å². The van der Waals surface area contributed by atoms with Crippen LogP contribution < -0.4 is 9.80 Å². The quantitative estimate of drug-likeness (QED) is 0.159. The van der Waals surface area contributed by atoms with Gasteiger partial charge in [0.25, 0.3) is 0 Å². The third kappa shape index (κ3) is 6.55. The minimum atomic E-state index is -0.122. The summed E-state index contributed by atoms with van der Waals surface area (Å²) >= 11 is 0. The zero-order valence-corrected chi connectivity index (χ0v) is 40.2. The van der Waals surface area contributed by atoms with E-state index >= 15 is 0 Å². The molecule has 2 aliphatic heterocycles. The molecule has 0 saturated carbocycles. The third-order valence-electron chi connectivity index (χ3n) is 16.0. The van der Waals surface area contributed by atoms with Crippen molar-refractivity contribution in [2.24, 2.45) is 0 Å². The van der Waals surface area contributed by atoms with Gasteiger partial charge in [0.1, 0.15) is 0 Å². The second-order valence-electron chi connectivity index (χ2n) is 20.2. The molecule has 0 saturated heterocycles. The third-order valence-corrected chi connectivity index (χ3v) is 16.0. The smallest absolute Gasteiger partial charge is 0.0493 e. The van der Waals surface area contributed by atoms with E-state index in [0.29, 0.717) is 0 Å². The van der Waals surface area contributed by atoms with E-state index in [0.717, 1.165) is 37.1 Å². The van der Waals surface area contributed by atoms with Crippen molar-refractivity contribution < 1.29 is 0 Å². The molecule has 338 valence electrons. The molecule has 0 atom stereocenters. The van der Waals surface area contributed by atoms with E-state index in [9.17, 15) is 0 Å². The van der Waals surface area contributed by atoms with E-state index in [4.69, 9.17) is 0 Å². The van der Waals surface area contributed by atoms with E-state index in [2.05, 4.69) is 254 Å². The number of rotatable bonds is 5. The molecule has 14 rings (SSSR count). The first kappa shape index (κ1) is 41.5. The van der Waals surface area contributed by atoms with Crippen molar-refractivity contribution in [1.82, 2.24) is 0 Å². The molecular weight excluding hydrogens is 857 g/mol. The number of aryl methyl sites for hydroxylation is 4. The predicted octanol–water partition coefficient (Wildman–Crippen LogP) is 18.4. The summed E-state index contributed by atoms with van der Waals surface area (Å²) in [4.78, 5) is 5.04. The molecule has 2 heteroatoms. The molecule has 0 bridgehead atoms. The van der Waals surface area contributed by atoms with Gasteiger partial charge >= 0.3 is 0 Å². The average molecular weight is 909 g/mol. The van der Waals surface area contributed by atoms with E-state index in [-0.39, 0.29) is 5.41 Å². The van der Waals surface area contributed by atoms with Gasteiger partial charge in [-0.25, -0.2) is 0 Å². The average Bonchev–Trinajstić information content (AvgIpc) is 3.54. The number of para-hydroxylation sites is 4. The second-order valence-corrected chi connectivity index (χ2v) is 20.2. The molecule has 11 aromatic carbocycles. The first-order chi connectivity index (χ1) is 35.0. The molecule has 1 aliphatic carbocycles. The maximum atomic E-state index is 2.52. The predicted molar refractivity (Wildman–Crippen MR) is 300 cm³/mol. The van der Waals surface area contributed by atoms with E-state index in [1.165, 1.54) is 122 Å². The Kier molecular flexibility index (Phi) is 9.54. The maximum Gasteiger partial charge on any atom is 0.0493 e. The largest absolute Gasteiger partial charge is 0.310 e. The molecule has 0 unspecified atom stereocenters. The first-order valence-electron chi connectivity index (χ1n) is 25.3. The minimum Gasteiger partial charge on any atom is -0.310 e. The first-order valence-corrected chi connectivity index (χ1v) is 25.3. The summed E-state index contributed by atoms with van der Waals surface area (Å²) in [7, 11) is 0. The Hall–Kier alpha value is -8.46. The van der Waals surface area contributed by atoms with Crippen molar-refractivity contribution in [2.75, 3.05) is 9.80 Å². The second kappa shape index (κ2) is 16.3. The van der Waals surface area contributed by atoms with Crippen molar-refractivity contribution in [1.29, 1.82) is 0 Å². The van der Waals surface area contributed by atoms with Gasteiger partial charge in [-0.1, -0.05) is 190 Å². The highest BCUT2D eigenvalue weighted by Crippen LogP contribution is 2.53. The lowest BCUT2D eigenvalue weighted by molar-refractivity contribution is 0.660. The van der Waals surface area contributed by atoms with Gasteiger partial charge in [-0.05, 0) is 180 Å². The Morgan fingerprint density at radius 3 is 1.27 bits per heavy atom. The molecule has 11 aromatic rings. The summed E-state index contributed by atoms with van der Waals surface area (Å²) in [5, 5.41) is 4.92. The molecule has 71 heavy (non-hydrogen) atoms. The van der Waals surface area contributed by atoms with Gasteiger partial charge in [0.2, 0.25) is 0 Å². The topological polar surface area (TPSA) is 6.48 Å². The number of anilines is 6. The highest BCUT2D eigenvalue weighted by Gasteiger charge is 2.36. The Balaban J connectivity index is 1.08. The number of hydrogen-bond acceptors (Lipinski definition) is 2. The lowest BCUT2D eigenvalue weighted by Gasteiger charge is -2.29. The molecule has 0 radical (unpaired) electrons. The van der Waals surface area contributed by atoms with Crippen LogP contribution in [0.25, 0.3) is 66.1 Å². The van der Waals surface area contributed by atoms with Crippen LogP contribution in [0.3, 0.4) is 0 Å². The molecule has 0 fully saturated rings. The van der Waals surface area contributed by atoms with Crippen molar-refractivity contribution >= 4 is 55.7 Å². The van der Waals surface area contributed by atoms with Crippen LogP contribution in [-0.2, 0) is 31.1 Å². The fraction of sp³-hybridized carbons (Fsp3) is 0.101. The molecule has 0 aromatic heterocycles. The molecular formula is C69H52N2. The Morgan fingerprint density at radius 2 is 0.718 bits per heavy atom. The molecule has 0 spiro atoms. The van der Waals surface area contributed by atoms with Gasteiger partial charge in [-0.15, -0.1) is 0 Å². The van der Waals surface area contributed by atoms with E-state index in [1.807, 2.05) is 0 Å². The van der Waals surface area contributed by atoms with Crippen LogP contribution in [0.2, 0.25) is 0 Å². The van der Waals surface area contributed by atoms with Gasteiger partial charge in [0, 0.05) is 39.5 Å². The van der Waals surface area contributed by atoms with Crippen LogP contribution in [0, 0.1) is 0 Å². The van der Waals surface area contributed by atoms with Gasteiger partial charge in [-0.3, -0.25) is 0 Å². The van der Waals surface area contributed by atoms with Crippen molar-refractivity contribution in [3.05, 3.63) is 264 Å². The van der Waals surface area contributed by atoms with Crippen LogP contribution in [-0.4, -0.2) is 0 Å². The fourth-order valence-electron chi connectivity index (χ4n) is 12.6. The standard InChI is InChI=1S/C69H52N2/c1-69(2)61-27-13-12-25-54(61)55-39-36-50(42-62(55)69)53-24-10-11-26-56(53)68-58-41-38-51(70-63-28-14-6-18-45(63)32-33-46-19-7-15-29-64(46)70)43-59(58)67(49-22-4-3-5-23-49)57-40-37-52(44-60(57)68)71-65-30-16-8-20-47(65)34-35-48-21-9-17-31-66(48)71/h3-31,36-44H,32-35H2,1-2H3. The van der Waals surface area contributed by atoms with Crippen LogP contribution in [0.15, 0.2) is 231 Å². The summed E-state index contributed by atoms with van der Waals surface area (Å²) in [6, 6.07) is 87.1. The monoisotopic (exact) mass is 908 g/mol. The molecule has 0 amide bonds. The van der Waals surface area contributed by atoms with Crippen molar-refractivity contribution in [3.63, 3.8) is 0 Å². The molecule has 2 heterocycles. The fourth-order valence-corrected chi connectivity index (χ4v) is 12.6. The van der Waals surface area contributed by atoms with E-state index in [1.54, 1.807) is 0 Å². The molecule has 2 nitrogen and oxygen atoms in total. The van der Waals surface area contributed by atoms with Gasteiger partial charge in [0.05, 0.1) is 0 Å². The minimum absolute atomic E-state index is 0.122.